The van der Waals surface area contributed by atoms with Gasteiger partial charge in [0.1, 0.15) is 0 Å². The summed E-state index contributed by atoms with van der Waals surface area (Å²) in [5, 5.41) is 4.32. The molecule has 1 aliphatic heterocycles. The number of nitrogens with two attached hydrogens (primary N) is 1. The Kier molecular flexibility index (Phi) is 2.47. The molecule has 0 bridgehead atoms. The van der Waals surface area contributed by atoms with Gasteiger partial charge in [-0.15, -0.1) is 0 Å². The highest BCUT2D eigenvalue weighted by Crippen LogP contribution is 2.32. The molecule has 3 rings (SSSR count). The molecule has 1 atom stereocenters. The van der Waals surface area contributed by atoms with E-state index in [9.17, 15) is 0 Å². The van der Waals surface area contributed by atoms with Crippen LogP contribution in [0.2, 0.25) is 0 Å². The zero-order valence-electron chi connectivity index (χ0n) is 8.97. The Morgan fingerprint density at radius 2 is 2.38 bits per heavy atom. The van der Waals surface area contributed by atoms with Gasteiger partial charge in [-0.2, -0.15) is 16.9 Å². The van der Waals surface area contributed by atoms with Crippen molar-refractivity contribution in [1.29, 1.82) is 0 Å². The zero-order chi connectivity index (χ0) is 11.0. The highest BCUT2D eigenvalue weighted by molar-refractivity contribution is 7.99. The molecule has 1 saturated heterocycles. The summed E-state index contributed by atoms with van der Waals surface area (Å²) in [6, 6.07) is 0. The Hall–Kier alpha value is -1.23. The third-order valence-electron chi connectivity index (χ3n) is 3.00. The molecule has 0 radical (unpaired) electrons. The molecule has 3 heterocycles. The third kappa shape index (κ3) is 1.65. The highest BCUT2D eigenvalue weighted by Gasteiger charge is 2.20. The molecule has 0 amide bonds. The van der Waals surface area contributed by atoms with Gasteiger partial charge >= 0.3 is 0 Å². The summed E-state index contributed by atoms with van der Waals surface area (Å²) in [5.74, 6) is 3.08. The van der Waals surface area contributed by atoms with Crippen molar-refractivity contribution in [3.05, 3.63) is 24.2 Å². The number of fused-ring (bicyclic) bond motifs is 1. The lowest BCUT2D eigenvalue weighted by Crippen LogP contribution is -2.08. The number of anilines is 1. The first-order valence-corrected chi connectivity index (χ1v) is 6.66. The van der Waals surface area contributed by atoms with E-state index in [-0.39, 0.29) is 0 Å². The minimum absolute atomic E-state index is 0.604. The predicted octanol–water partition coefficient (Wildman–Crippen LogP) is 1.92. The fourth-order valence-electron chi connectivity index (χ4n) is 2.18. The second-order valence-corrected chi connectivity index (χ2v) is 5.32. The second kappa shape index (κ2) is 3.97. The molecule has 0 aliphatic carbocycles. The van der Waals surface area contributed by atoms with Crippen LogP contribution >= 0.6 is 11.8 Å². The van der Waals surface area contributed by atoms with E-state index in [1.807, 2.05) is 24.2 Å². The molecule has 2 aromatic heterocycles. The summed E-state index contributed by atoms with van der Waals surface area (Å²) in [6.07, 6.45) is 8.01. The molecule has 1 aliphatic rings. The molecule has 5 heteroatoms. The summed E-state index contributed by atoms with van der Waals surface area (Å²) >= 11 is 2.02. The Balaban J connectivity index is 2.03. The van der Waals surface area contributed by atoms with Gasteiger partial charge in [0.25, 0.3) is 0 Å². The molecular formula is C11H14N4S. The normalized spacial score (nSPS) is 21.4. The van der Waals surface area contributed by atoms with Crippen LogP contribution < -0.4 is 5.73 Å². The third-order valence-corrected chi connectivity index (χ3v) is 4.22. The van der Waals surface area contributed by atoms with Gasteiger partial charge in [-0.05, 0) is 24.5 Å². The number of rotatable bonds is 1. The Labute approximate surface area is 98.2 Å². The van der Waals surface area contributed by atoms with Crippen molar-refractivity contribution in [2.45, 2.75) is 18.8 Å². The number of hydrogen-bond donors (Lipinski definition) is 1. The van der Waals surface area contributed by atoms with Crippen molar-refractivity contribution in [3.63, 3.8) is 0 Å². The fraction of sp³-hybridized carbons (Fsp3) is 0.455. The van der Waals surface area contributed by atoms with E-state index in [4.69, 9.17) is 5.73 Å². The molecular weight excluding hydrogens is 220 g/mol. The highest BCUT2D eigenvalue weighted by atomic mass is 32.2. The standard InChI is InChI=1S/C11H14N4S/c12-9-4-13-11-10(5-14-15(11)6-9)8-2-1-3-16-7-8/h4-6,8H,1-3,7,12H2. The first-order chi connectivity index (χ1) is 7.84. The second-order valence-electron chi connectivity index (χ2n) is 4.17. The van der Waals surface area contributed by atoms with Crippen LogP contribution in [0.1, 0.15) is 24.3 Å². The molecule has 1 unspecified atom stereocenters. The zero-order valence-corrected chi connectivity index (χ0v) is 9.78. The first kappa shape index (κ1) is 9.96. The van der Waals surface area contributed by atoms with Crippen molar-refractivity contribution in [2.75, 3.05) is 17.2 Å². The van der Waals surface area contributed by atoms with E-state index in [1.165, 1.54) is 29.9 Å². The van der Waals surface area contributed by atoms with Crippen LogP contribution in [0.15, 0.2) is 18.6 Å². The summed E-state index contributed by atoms with van der Waals surface area (Å²) in [4.78, 5) is 4.38. The first-order valence-electron chi connectivity index (χ1n) is 5.51. The van der Waals surface area contributed by atoms with Crippen molar-refractivity contribution >= 4 is 23.1 Å². The van der Waals surface area contributed by atoms with Crippen LogP contribution in [0.3, 0.4) is 0 Å². The van der Waals surface area contributed by atoms with Crippen molar-refractivity contribution in [1.82, 2.24) is 14.6 Å². The lowest BCUT2D eigenvalue weighted by molar-refractivity contribution is 0.663. The minimum Gasteiger partial charge on any atom is -0.396 e. The van der Waals surface area contributed by atoms with Gasteiger partial charge in [-0.3, -0.25) is 0 Å². The Bertz CT molecular complexity index is 502. The van der Waals surface area contributed by atoms with E-state index in [0.29, 0.717) is 11.6 Å². The molecule has 2 aromatic rings. The summed E-state index contributed by atoms with van der Waals surface area (Å²) in [5.41, 5.74) is 8.57. The average Bonchev–Trinajstić information content (AvgIpc) is 2.73. The minimum atomic E-state index is 0.604. The number of thioether (sulfide) groups is 1. The van der Waals surface area contributed by atoms with Gasteiger partial charge in [-0.25, -0.2) is 9.50 Å². The average molecular weight is 234 g/mol. The SMILES string of the molecule is Nc1cnc2c(C3CCCSC3)cnn2c1. The molecule has 84 valence electrons. The molecule has 4 nitrogen and oxygen atoms in total. The van der Waals surface area contributed by atoms with Crippen LogP contribution in [0.5, 0.6) is 0 Å². The van der Waals surface area contributed by atoms with Gasteiger partial charge in [0.15, 0.2) is 5.65 Å². The maximum absolute atomic E-state index is 5.68. The smallest absolute Gasteiger partial charge is 0.158 e. The van der Waals surface area contributed by atoms with Gasteiger partial charge < -0.3 is 5.73 Å². The largest absolute Gasteiger partial charge is 0.396 e. The number of nitrogen functional groups attached to an aromatic ring is 1. The van der Waals surface area contributed by atoms with E-state index >= 15 is 0 Å². The summed E-state index contributed by atoms with van der Waals surface area (Å²) < 4.78 is 1.78. The molecule has 2 N–H and O–H groups in total. The lowest BCUT2D eigenvalue weighted by Gasteiger charge is -2.19. The van der Waals surface area contributed by atoms with Gasteiger partial charge in [0.05, 0.1) is 24.3 Å². The molecule has 0 spiro atoms. The van der Waals surface area contributed by atoms with Crippen molar-refractivity contribution in [3.8, 4) is 0 Å². The number of hydrogen-bond acceptors (Lipinski definition) is 4. The van der Waals surface area contributed by atoms with Crippen LogP contribution in [0, 0.1) is 0 Å². The summed E-state index contributed by atoms with van der Waals surface area (Å²) in [6.45, 7) is 0. The van der Waals surface area contributed by atoms with Gasteiger partial charge in [-0.1, -0.05) is 0 Å². The quantitative estimate of drug-likeness (QED) is 0.819. The number of aromatic nitrogens is 3. The van der Waals surface area contributed by atoms with Gasteiger partial charge in [0, 0.05) is 11.3 Å². The monoisotopic (exact) mass is 234 g/mol. The van der Waals surface area contributed by atoms with E-state index < -0.39 is 0 Å². The van der Waals surface area contributed by atoms with Crippen LogP contribution in [-0.4, -0.2) is 26.1 Å². The van der Waals surface area contributed by atoms with Crippen molar-refractivity contribution in [2.24, 2.45) is 0 Å². The topological polar surface area (TPSA) is 56.2 Å². The molecule has 16 heavy (non-hydrogen) atoms. The fourth-order valence-corrected chi connectivity index (χ4v) is 3.35. The van der Waals surface area contributed by atoms with E-state index in [0.717, 1.165) is 5.65 Å². The van der Waals surface area contributed by atoms with Crippen LogP contribution in [0.25, 0.3) is 5.65 Å². The molecule has 1 fully saturated rings. The van der Waals surface area contributed by atoms with Crippen LogP contribution in [-0.2, 0) is 0 Å². The lowest BCUT2D eigenvalue weighted by atomic mass is 9.98. The maximum Gasteiger partial charge on any atom is 0.158 e. The molecule has 0 saturated carbocycles. The number of nitrogens with zero attached hydrogens (tertiary/aromatic N) is 3. The van der Waals surface area contributed by atoms with Gasteiger partial charge in [0.2, 0.25) is 0 Å². The van der Waals surface area contributed by atoms with E-state index in [2.05, 4.69) is 10.1 Å². The Morgan fingerprint density at radius 1 is 1.44 bits per heavy atom. The van der Waals surface area contributed by atoms with Crippen LogP contribution in [0.4, 0.5) is 5.69 Å². The van der Waals surface area contributed by atoms with Crippen molar-refractivity contribution < 1.29 is 0 Å². The summed E-state index contributed by atoms with van der Waals surface area (Å²) in [7, 11) is 0. The maximum atomic E-state index is 5.68. The predicted molar refractivity (Wildman–Crippen MR) is 66.7 cm³/mol. The molecule has 0 aromatic carbocycles. The Morgan fingerprint density at radius 3 is 3.19 bits per heavy atom. The van der Waals surface area contributed by atoms with E-state index in [1.54, 1.807) is 10.7 Å².